The highest BCUT2D eigenvalue weighted by molar-refractivity contribution is 5.72. The molecule has 3 aromatic rings. The minimum absolute atomic E-state index is 0.155. The molecule has 0 radical (unpaired) electrons. The van der Waals surface area contributed by atoms with Crippen LogP contribution in [0.1, 0.15) is 32.1 Å². The van der Waals surface area contributed by atoms with Crippen molar-refractivity contribution in [3.63, 3.8) is 0 Å². The monoisotopic (exact) mass is 391 g/mol. The molecule has 2 saturated heterocycles. The Labute approximate surface area is 169 Å². The maximum Gasteiger partial charge on any atom is 0.233 e. The summed E-state index contributed by atoms with van der Waals surface area (Å²) in [6, 6.07) is 12.2. The van der Waals surface area contributed by atoms with E-state index in [9.17, 15) is 5.11 Å². The van der Waals surface area contributed by atoms with Crippen LogP contribution >= 0.6 is 0 Å². The van der Waals surface area contributed by atoms with Crippen molar-refractivity contribution >= 4 is 0 Å². The van der Waals surface area contributed by atoms with E-state index in [1.165, 1.54) is 19.3 Å². The summed E-state index contributed by atoms with van der Waals surface area (Å²) in [4.78, 5) is 0. The number of rotatable bonds is 4. The van der Waals surface area contributed by atoms with Crippen molar-refractivity contribution in [3.8, 4) is 34.1 Å². The zero-order valence-corrected chi connectivity index (χ0v) is 16.5. The van der Waals surface area contributed by atoms with E-state index in [0.717, 1.165) is 24.1 Å². The predicted molar refractivity (Wildman–Crippen MR) is 110 cm³/mol. The summed E-state index contributed by atoms with van der Waals surface area (Å²) in [5, 5.41) is 27.1. The number of aromatic hydroxyl groups is 1. The molecule has 1 aromatic carbocycles. The molecule has 2 atom stereocenters. The second-order valence-electron chi connectivity index (χ2n) is 8.07. The number of aromatic nitrogens is 4. The van der Waals surface area contributed by atoms with Gasteiger partial charge in [-0.2, -0.15) is 5.10 Å². The van der Waals surface area contributed by atoms with E-state index in [0.29, 0.717) is 29.2 Å². The lowest BCUT2D eigenvalue weighted by atomic mass is 9.85. The van der Waals surface area contributed by atoms with Gasteiger partial charge in [0, 0.05) is 42.5 Å². The third-order valence-corrected chi connectivity index (χ3v) is 5.88. The van der Waals surface area contributed by atoms with Gasteiger partial charge >= 0.3 is 0 Å². The highest BCUT2D eigenvalue weighted by atomic mass is 16.5. The zero-order chi connectivity index (χ0) is 19.8. The Bertz CT molecular complexity index is 989. The van der Waals surface area contributed by atoms with Crippen molar-refractivity contribution in [3.05, 3.63) is 42.6 Å². The summed E-state index contributed by atoms with van der Waals surface area (Å²) >= 11 is 0. The molecular formula is C22H25N5O2. The van der Waals surface area contributed by atoms with Crippen LogP contribution in [0.4, 0.5) is 0 Å². The lowest BCUT2D eigenvalue weighted by Crippen LogP contribution is -2.51. The van der Waals surface area contributed by atoms with E-state index >= 15 is 0 Å². The summed E-state index contributed by atoms with van der Waals surface area (Å²) in [7, 11) is 1.87. The first-order chi connectivity index (χ1) is 14.1. The Hall–Kier alpha value is -2.93. The summed E-state index contributed by atoms with van der Waals surface area (Å²) in [6.45, 7) is 0. The van der Waals surface area contributed by atoms with Gasteiger partial charge in [-0.3, -0.25) is 4.68 Å². The highest BCUT2D eigenvalue weighted by Gasteiger charge is 2.32. The molecule has 2 aliphatic rings. The van der Waals surface area contributed by atoms with Crippen LogP contribution in [0, 0.1) is 0 Å². The van der Waals surface area contributed by atoms with Gasteiger partial charge in [-0.15, -0.1) is 10.2 Å². The first-order valence-electron chi connectivity index (χ1n) is 10.2. The first kappa shape index (κ1) is 18.1. The third kappa shape index (κ3) is 3.82. The Morgan fingerprint density at radius 3 is 2.52 bits per heavy atom. The van der Waals surface area contributed by atoms with Gasteiger partial charge in [0.1, 0.15) is 11.9 Å². The SMILES string of the molecule is Cn1ccc(-c2ccc(-c3ccc(OC4CC5CCCC(C4)N5)nn3)c(O)c2)n1. The first-order valence-corrected chi connectivity index (χ1v) is 10.2. The average Bonchev–Trinajstić information content (AvgIpc) is 3.15. The number of aryl methyl sites for hydroxylation is 1. The van der Waals surface area contributed by atoms with Crippen LogP contribution in [-0.4, -0.2) is 43.3 Å². The van der Waals surface area contributed by atoms with Crippen LogP contribution in [0.5, 0.6) is 11.6 Å². The molecule has 0 spiro atoms. The second-order valence-corrected chi connectivity index (χ2v) is 8.07. The van der Waals surface area contributed by atoms with Crippen molar-refractivity contribution in [1.29, 1.82) is 0 Å². The van der Waals surface area contributed by atoms with Crippen molar-refractivity contribution in [2.45, 2.75) is 50.3 Å². The van der Waals surface area contributed by atoms with Crippen LogP contribution in [-0.2, 0) is 7.05 Å². The number of benzene rings is 1. The van der Waals surface area contributed by atoms with Crippen LogP contribution in [0.2, 0.25) is 0 Å². The zero-order valence-electron chi connectivity index (χ0n) is 16.5. The van der Waals surface area contributed by atoms with Crippen molar-refractivity contribution in [1.82, 2.24) is 25.3 Å². The summed E-state index contributed by atoms with van der Waals surface area (Å²) in [5.41, 5.74) is 2.93. The molecule has 2 N–H and O–H groups in total. The second kappa shape index (κ2) is 7.48. The van der Waals surface area contributed by atoms with Gasteiger partial charge in [-0.25, -0.2) is 0 Å². The molecule has 0 aliphatic carbocycles. The standard InChI is InChI=1S/C22H25N5O2/c1-27-10-9-19(26-27)14-5-6-18(21(28)11-14)20-7-8-22(25-24-20)29-17-12-15-3-2-4-16(13-17)23-15/h5-11,15-17,23,28H,2-4,12-13H2,1H3. The quantitative estimate of drug-likeness (QED) is 0.710. The van der Waals surface area contributed by atoms with Crippen molar-refractivity contribution in [2.24, 2.45) is 7.05 Å². The molecule has 2 aliphatic heterocycles. The fourth-order valence-corrected chi connectivity index (χ4v) is 4.48. The number of hydrogen-bond acceptors (Lipinski definition) is 6. The van der Waals surface area contributed by atoms with Crippen molar-refractivity contribution in [2.75, 3.05) is 0 Å². The van der Waals surface area contributed by atoms with Gasteiger partial charge in [0.2, 0.25) is 5.88 Å². The molecule has 2 unspecified atom stereocenters. The molecular weight excluding hydrogens is 366 g/mol. The number of phenolic OH excluding ortho intramolecular Hbond substituents is 1. The highest BCUT2D eigenvalue weighted by Crippen LogP contribution is 2.33. The molecule has 0 saturated carbocycles. The normalized spacial score (nSPS) is 23.7. The maximum absolute atomic E-state index is 10.5. The Kier molecular flexibility index (Phi) is 4.67. The van der Waals surface area contributed by atoms with Gasteiger partial charge in [-0.05, 0) is 49.9 Å². The van der Waals surface area contributed by atoms with Gasteiger partial charge in [0.25, 0.3) is 0 Å². The molecule has 150 valence electrons. The third-order valence-electron chi connectivity index (χ3n) is 5.88. The van der Waals surface area contributed by atoms with Gasteiger partial charge in [-0.1, -0.05) is 12.5 Å². The Morgan fingerprint density at radius 2 is 1.86 bits per heavy atom. The summed E-state index contributed by atoms with van der Waals surface area (Å²) in [6.07, 6.45) is 7.89. The van der Waals surface area contributed by atoms with Crippen LogP contribution < -0.4 is 10.1 Å². The number of phenols is 1. The Morgan fingerprint density at radius 1 is 1.03 bits per heavy atom. The number of fused-ring (bicyclic) bond motifs is 2. The summed E-state index contributed by atoms with van der Waals surface area (Å²) < 4.78 is 7.84. The largest absolute Gasteiger partial charge is 0.507 e. The van der Waals surface area contributed by atoms with E-state index in [1.54, 1.807) is 10.7 Å². The van der Waals surface area contributed by atoms with Crippen LogP contribution in [0.15, 0.2) is 42.6 Å². The lowest BCUT2D eigenvalue weighted by Gasteiger charge is -2.39. The fourth-order valence-electron chi connectivity index (χ4n) is 4.48. The minimum Gasteiger partial charge on any atom is -0.507 e. The van der Waals surface area contributed by atoms with Gasteiger partial charge in [0.15, 0.2) is 0 Å². The lowest BCUT2D eigenvalue weighted by molar-refractivity contribution is 0.0881. The smallest absolute Gasteiger partial charge is 0.233 e. The fraction of sp³-hybridized carbons (Fsp3) is 0.409. The Balaban J connectivity index is 1.30. The van der Waals surface area contributed by atoms with Crippen LogP contribution in [0.25, 0.3) is 22.5 Å². The van der Waals surface area contributed by atoms with E-state index in [2.05, 4.69) is 20.6 Å². The molecule has 2 aromatic heterocycles. The van der Waals surface area contributed by atoms with Crippen molar-refractivity contribution < 1.29 is 9.84 Å². The van der Waals surface area contributed by atoms with Gasteiger partial charge < -0.3 is 15.2 Å². The minimum atomic E-state index is 0.155. The van der Waals surface area contributed by atoms with Gasteiger partial charge in [0.05, 0.1) is 11.4 Å². The molecule has 0 amide bonds. The molecule has 4 heterocycles. The predicted octanol–water partition coefficient (Wildman–Crippen LogP) is 3.30. The van der Waals surface area contributed by atoms with E-state index in [4.69, 9.17) is 4.74 Å². The molecule has 5 rings (SSSR count). The van der Waals surface area contributed by atoms with E-state index < -0.39 is 0 Å². The molecule has 7 heteroatoms. The molecule has 2 fully saturated rings. The van der Waals surface area contributed by atoms with E-state index in [1.807, 2.05) is 43.6 Å². The maximum atomic E-state index is 10.5. The van der Waals surface area contributed by atoms with Crippen LogP contribution in [0.3, 0.4) is 0 Å². The molecule has 7 nitrogen and oxygen atoms in total. The number of piperidine rings is 2. The number of nitrogens with one attached hydrogen (secondary N) is 1. The molecule has 2 bridgehead atoms. The number of nitrogens with zero attached hydrogens (tertiary/aromatic N) is 4. The molecule has 29 heavy (non-hydrogen) atoms. The topological polar surface area (TPSA) is 85.1 Å². The summed E-state index contributed by atoms with van der Waals surface area (Å²) in [5.74, 6) is 0.700. The number of ether oxygens (including phenoxy) is 1. The van der Waals surface area contributed by atoms with E-state index in [-0.39, 0.29) is 11.9 Å². The average molecular weight is 391 g/mol. The number of hydrogen-bond donors (Lipinski definition) is 2.